The second-order valence-electron chi connectivity index (χ2n) is 7.59. The molecule has 1 atom stereocenters. The van der Waals surface area contributed by atoms with Crippen LogP contribution in [0.4, 0.5) is 11.4 Å². The number of benzene rings is 3. The van der Waals surface area contributed by atoms with Crippen LogP contribution in [0.15, 0.2) is 72.8 Å². The van der Waals surface area contributed by atoms with E-state index in [2.05, 4.69) is 0 Å². The predicted octanol–water partition coefficient (Wildman–Crippen LogP) is 4.24. The van der Waals surface area contributed by atoms with Crippen LogP contribution in [0.5, 0.6) is 5.75 Å². The highest BCUT2D eigenvalue weighted by Gasteiger charge is 2.33. The smallest absolute Gasteiger partial charge is 0.236 e. The number of anilines is 2. The first kappa shape index (κ1) is 23.8. The predicted molar refractivity (Wildman–Crippen MR) is 129 cm³/mol. The van der Waals surface area contributed by atoms with Crippen molar-refractivity contribution in [1.82, 2.24) is 0 Å². The normalized spacial score (nSPS) is 15.4. The van der Waals surface area contributed by atoms with Gasteiger partial charge in [0, 0.05) is 5.56 Å². The molecule has 1 aliphatic carbocycles. The summed E-state index contributed by atoms with van der Waals surface area (Å²) in [7, 11) is -3.73. The summed E-state index contributed by atoms with van der Waals surface area (Å²) >= 11 is 0. The van der Waals surface area contributed by atoms with Gasteiger partial charge in [-0.3, -0.25) is 4.79 Å². The lowest BCUT2D eigenvalue weighted by Crippen LogP contribution is -2.36. The van der Waals surface area contributed by atoms with Crippen molar-refractivity contribution in [2.45, 2.75) is 25.5 Å². The van der Waals surface area contributed by atoms with Gasteiger partial charge in [-0.25, -0.2) is 12.7 Å². The Bertz CT molecular complexity index is 1200. The van der Waals surface area contributed by atoms with Gasteiger partial charge in [-0.15, -0.1) is 12.4 Å². The van der Waals surface area contributed by atoms with Gasteiger partial charge in [-0.2, -0.15) is 0 Å². The Labute approximate surface area is 194 Å². The lowest BCUT2D eigenvalue weighted by molar-refractivity contribution is 0.0948. The molecule has 0 amide bonds. The lowest BCUT2D eigenvalue weighted by atomic mass is 9.86. The summed E-state index contributed by atoms with van der Waals surface area (Å²) in [4.78, 5) is 12.7. The van der Waals surface area contributed by atoms with Crippen LogP contribution in [0, 0.1) is 0 Å². The first-order chi connectivity index (χ1) is 14.9. The average Bonchev–Trinajstić information content (AvgIpc) is 2.76. The van der Waals surface area contributed by atoms with Crippen molar-refractivity contribution in [1.29, 1.82) is 0 Å². The molecule has 32 heavy (non-hydrogen) atoms. The van der Waals surface area contributed by atoms with Crippen molar-refractivity contribution in [3.8, 4) is 5.75 Å². The molecule has 0 saturated heterocycles. The van der Waals surface area contributed by atoms with E-state index in [0.29, 0.717) is 41.1 Å². The Kier molecular flexibility index (Phi) is 7.23. The summed E-state index contributed by atoms with van der Waals surface area (Å²) in [5, 5.41) is 0. The minimum Gasteiger partial charge on any atom is -0.487 e. The highest BCUT2D eigenvalue weighted by Crippen LogP contribution is 2.43. The summed E-state index contributed by atoms with van der Waals surface area (Å²) in [5.41, 5.74) is 8.88. The molecule has 0 spiro atoms. The molecule has 1 unspecified atom stereocenters. The van der Waals surface area contributed by atoms with Gasteiger partial charge in [0.1, 0.15) is 18.0 Å². The van der Waals surface area contributed by atoms with E-state index in [0.717, 1.165) is 11.8 Å². The maximum atomic E-state index is 13.0. The van der Waals surface area contributed by atoms with Crippen LogP contribution >= 0.6 is 12.4 Å². The van der Waals surface area contributed by atoms with Gasteiger partial charge in [0.2, 0.25) is 10.0 Å². The largest absolute Gasteiger partial charge is 0.487 e. The van der Waals surface area contributed by atoms with Crippen LogP contribution in [0.25, 0.3) is 0 Å². The summed E-state index contributed by atoms with van der Waals surface area (Å²) in [5.74, 6) is 0.221. The third-order valence-corrected chi connectivity index (χ3v) is 6.37. The van der Waals surface area contributed by atoms with Crippen LogP contribution in [0.3, 0.4) is 0 Å². The molecule has 3 aromatic rings. The van der Waals surface area contributed by atoms with E-state index >= 15 is 0 Å². The monoisotopic (exact) mass is 472 g/mol. The van der Waals surface area contributed by atoms with Gasteiger partial charge >= 0.3 is 0 Å². The number of sulfonamides is 1. The molecule has 0 heterocycles. The van der Waals surface area contributed by atoms with E-state index in [4.69, 9.17) is 10.5 Å². The Morgan fingerprint density at radius 2 is 1.62 bits per heavy atom. The minimum absolute atomic E-state index is 0. The van der Waals surface area contributed by atoms with E-state index in [1.807, 2.05) is 36.4 Å². The standard InChI is InChI=1S/C24H24N2O4S.ClH/c1-31(28,29)26(18-10-6-3-7-11-18)23-19-12-14-21(25)24(27)20(19)13-15-22(23)30-16-17-8-4-2-5-9-17;/h2-11,13,15,21H,12,14,16,25H2,1H3;1H. The van der Waals surface area contributed by atoms with Crippen LogP contribution in [-0.2, 0) is 23.1 Å². The number of nitrogens with two attached hydrogens (primary N) is 1. The van der Waals surface area contributed by atoms with E-state index in [9.17, 15) is 13.2 Å². The third-order valence-electron chi connectivity index (χ3n) is 5.32. The Morgan fingerprint density at radius 3 is 2.25 bits per heavy atom. The molecule has 0 radical (unpaired) electrons. The Balaban J connectivity index is 0.00000289. The molecule has 168 valence electrons. The molecule has 0 saturated carbocycles. The van der Waals surface area contributed by atoms with Gasteiger partial charge < -0.3 is 10.5 Å². The van der Waals surface area contributed by atoms with Crippen LogP contribution in [0.1, 0.15) is 27.9 Å². The molecular formula is C24H25ClN2O4S. The number of carbonyl (C=O) groups excluding carboxylic acids is 1. The molecule has 8 heteroatoms. The summed E-state index contributed by atoms with van der Waals surface area (Å²) in [6, 6.07) is 21.2. The SMILES string of the molecule is CS(=O)(=O)N(c1ccccc1)c1c(OCc2ccccc2)ccc2c1CCC(N)C2=O.Cl. The fourth-order valence-corrected chi connectivity index (χ4v) is 4.89. The van der Waals surface area contributed by atoms with Crippen molar-refractivity contribution in [2.24, 2.45) is 5.73 Å². The molecule has 0 aliphatic heterocycles. The molecule has 0 aromatic heterocycles. The maximum absolute atomic E-state index is 13.0. The maximum Gasteiger partial charge on any atom is 0.236 e. The second kappa shape index (κ2) is 9.73. The van der Waals surface area contributed by atoms with Crippen molar-refractivity contribution in [2.75, 3.05) is 10.6 Å². The zero-order chi connectivity index (χ0) is 22.0. The number of halogens is 1. The van der Waals surface area contributed by atoms with E-state index < -0.39 is 16.1 Å². The molecule has 1 aliphatic rings. The number of hydrogen-bond acceptors (Lipinski definition) is 5. The number of carbonyl (C=O) groups is 1. The first-order valence-corrected chi connectivity index (χ1v) is 11.9. The first-order valence-electron chi connectivity index (χ1n) is 10.0. The number of nitrogens with zero attached hydrogens (tertiary/aromatic N) is 1. The number of ether oxygens (including phenoxy) is 1. The zero-order valence-electron chi connectivity index (χ0n) is 17.6. The van der Waals surface area contributed by atoms with Crippen LogP contribution in [0.2, 0.25) is 0 Å². The number of Topliss-reactive ketones (excluding diaryl/α,β-unsaturated/α-hetero) is 1. The van der Waals surface area contributed by atoms with Crippen LogP contribution < -0.4 is 14.8 Å². The molecule has 6 nitrogen and oxygen atoms in total. The van der Waals surface area contributed by atoms with E-state index in [-0.39, 0.29) is 24.8 Å². The Morgan fingerprint density at radius 1 is 1.00 bits per heavy atom. The zero-order valence-corrected chi connectivity index (χ0v) is 19.2. The number of hydrogen-bond donors (Lipinski definition) is 1. The average molecular weight is 473 g/mol. The van der Waals surface area contributed by atoms with E-state index in [1.165, 1.54) is 4.31 Å². The third kappa shape index (κ3) is 4.80. The van der Waals surface area contributed by atoms with Crippen molar-refractivity contribution < 1.29 is 17.9 Å². The topological polar surface area (TPSA) is 89.7 Å². The van der Waals surface area contributed by atoms with Gasteiger partial charge in [-0.1, -0.05) is 48.5 Å². The molecular weight excluding hydrogens is 448 g/mol. The van der Waals surface area contributed by atoms with Crippen molar-refractivity contribution in [3.05, 3.63) is 89.5 Å². The van der Waals surface area contributed by atoms with Crippen LogP contribution in [-0.4, -0.2) is 26.5 Å². The quantitative estimate of drug-likeness (QED) is 0.579. The molecule has 2 N–H and O–H groups in total. The molecule has 0 bridgehead atoms. The fraction of sp³-hybridized carbons (Fsp3) is 0.208. The highest BCUT2D eigenvalue weighted by molar-refractivity contribution is 7.92. The molecule has 4 rings (SSSR count). The summed E-state index contributed by atoms with van der Waals surface area (Å²) in [6.45, 7) is 0.270. The highest BCUT2D eigenvalue weighted by atomic mass is 35.5. The summed E-state index contributed by atoms with van der Waals surface area (Å²) < 4.78 is 33.3. The van der Waals surface area contributed by atoms with Crippen molar-refractivity contribution >= 4 is 39.6 Å². The molecule has 3 aromatic carbocycles. The van der Waals surface area contributed by atoms with Gasteiger partial charge in [0.05, 0.1) is 18.0 Å². The summed E-state index contributed by atoms with van der Waals surface area (Å²) in [6.07, 6.45) is 2.09. The van der Waals surface area contributed by atoms with Crippen molar-refractivity contribution in [3.63, 3.8) is 0 Å². The van der Waals surface area contributed by atoms with Gasteiger partial charge in [0.15, 0.2) is 5.78 Å². The molecule has 0 fully saturated rings. The van der Waals surface area contributed by atoms with E-state index in [1.54, 1.807) is 36.4 Å². The number of para-hydroxylation sites is 1. The second-order valence-corrected chi connectivity index (χ2v) is 9.42. The minimum atomic E-state index is -3.73. The Hall–Kier alpha value is -2.87. The number of fused-ring (bicyclic) bond motifs is 1. The fourth-order valence-electron chi connectivity index (χ4n) is 3.85. The van der Waals surface area contributed by atoms with Gasteiger partial charge in [0.25, 0.3) is 0 Å². The number of ketones is 1. The number of rotatable bonds is 6. The lowest BCUT2D eigenvalue weighted by Gasteiger charge is -2.31. The van der Waals surface area contributed by atoms with Gasteiger partial charge in [-0.05, 0) is 48.2 Å².